The third-order valence-electron chi connectivity index (χ3n) is 2.40. The van der Waals surface area contributed by atoms with E-state index in [-0.39, 0.29) is 5.84 Å². The molecule has 0 unspecified atom stereocenters. The van der Waals surface area contributed by atoms with Crippen LogP contribution in [0.25, 0.3) is 0 Å². The van der Waals surface area contributed by atoms with Gasteiger partial charge in [-0.25, -0.2) is 4.98 Å². The van der Waals surface area contributed by atoms with Crippen molar-refractivity contribution < 1.29 is 9.47 Å². The summed E-state index contributed by atoms with van der Waals surface area (Å²) < 4.78 is 11.0. The second-order valence-electron chi connectivity index (χ2n) is 3.78. The maximum atomic E-state index is 7.42. The second-order valence-corrected chi connectivity index (χ2v) is 3.78. The number of nitrogens with one attached hydrogen (secondary N) is 1. The van der Waals surface area contributed by atoms with E-state index in [2.05, 4.69) is 4.98 Å². The molecule has 0 bridgehead atoms. The van der Waals surface area contributed by atoms with Crippen molar-refractivity contribution in [2.75, 3.05) is 13.2 Å². The highest BCUT2D eigenvalue weighted by Crippen LogP contribution is 2.13. The lowest BCUT2D eigenvalue weighted by Crippen LogP contribution is -2.16. The Hall–Kier alpha value is -2.56. The van der Waals surface area contributed by atoms with Crippen LogP contribution in [-0.2, 0) is 0 Å². The van der Waals surface area contributed by atoms with E-state index in [1.165, 1.54) is 0 Å². The van der Waals surface area contributed by atoms with Crippen molar-refractivity contribution in [2.45, 2.75) is 0 Å². The van der Waals surface area contributed by atoms with Gasteiger partial charge in [0.2, 0.25) is 5.88 Å². The standard InChI is InChI=1S/C14H15N3O2/c15-13(16)12-7-4-8-17-14(12)19-10-9-18-11-5-2-1-3-6-11/h1-8H,9-10H2,(H3,15,16). The smallest absolute Gasteiger partial charge is 0.224 e. The first-order valence-electron chi connectivity index (χ1n) is 5.87. The summed E-state index contributed by atoms with van der Waals surface area (Å²) in [5.41, 5.74) is 5.93. The van der Waals surface area contributed by atoms with Gasteiger partial charge in [-0.05, 0) is 24.3 Å². The lowest BCUT2D eigenvalue weighted by Gasteiger charge is -2.10. The van der Waals surface area contributed by atoms with Crippen molar-refractivity contribution in [2.24, 2.45) is 5.73 Å². The Morgan fingerprint density at radius 2 is 1.79 bits per heavy atom. The molecule has 2 rings (SSSR count). The topological polar surface area (TPSA) is 81.2 Å². The molecule has 19 heavy (non-hydrogen) atoms. The molecule has 0 amide bonds. The molecular formula is C14H15N3O2. The summed E-state index contributed by atoms with van der Waals surface area (Å²) in [5.74, 6) is 1.08. The summed E-state index contributed by atoms with van der Waals surface area (Å²) >= 11 is 0. The Morgan fingerprint density at radius 3 is 2.53 bits per heavy atom. The molecule has 0 aliphatic heterocycles. The maximum absolute atomic E-state index is 7.42. The minimum atomic E-state index is -0.0629. The first-order valence-corrected chi connectivity index (χ1v) is 5.87. The average molecular weight is 257 g/mol. The summed E-state index contributed by atoms with van der Waals surface area (Å²) in [6.07, 6.45) is 1.60. The number of hydrogen-bond acceptors (Lipinski definition) is 4. The van der Waals surface area contributed by atoms with E-state index >= 15 is 0 Å². The van der Waals surface area contributed by atoms with Crippen LogP contribution in [0, 0.1) is 5.41 Å². The third kappa shape index (κ3) is 3.70. The van der Waals surface area contributed by atoms with Crippen LogP contribution in [0.1, 0.15) is 5.56 Å². The van der Waals surface area contributed by atoms with Crippen molar-refractivity contribution in [3.63, 3.8) is 0 Å². The van der Waals surface area contributed by atoms with E-state index in [4.69, 9.17) is 20.6 Å². The second kappa shape index (κ2) is 6.39. The Morgan fingerprint density at radius 1 is 1.05 bits per heavy atom. The van der Waals surface area contributed by atoms with Gasteiger partial charge in [-0.15, -0.1) is 0 Å². The van der Waals surface area contributed by atoms with Crippen molar-refractivity contribution in [3.05, 3.63) is 54.2 Å². The van der Waals surface area contributed by atoms with Crippen molar-refractivity contribution in [1.82, 2.24) is 4.98 Å². The predicted octanol–water partition coefficient (Wildman–Crippen LogP) is 1.82. The van der Waals surface area contributed by atoms with E-state index in [1.54, 1.807) is 18.3 Å². The fourth-order valence-electron chi connectivity index (χ4n) is 1.53. The Balaban J connectivity index is 1.85. The lowest BCUT2D eigenvalue weighted by molar-refractivity contribution is 0.211. The van der Waals surface area contributed by atoms with E-state index in [0.29, 0.717) is 24.7 Å². The number of hydrogen-bond donors (Lipinski definition) is 2. The zero-order valence-electron chi connectivity index (χ0n) is 10.4. The fourth-order valence-corrected chi connectivity index (χ4v) is 1.53. The van der Waals surface area contributed by atoms with Crippen LogP contribution in [0.4, 0.5) is 0 Å². The molecule has 0 radical (unpaired) electrons. The number of rotatable bonds is 6. The van der Waals surface area contributed by atoms with Gasteiger partial charge in [0.15, 0.2) is 0 Å². The van der Waals surface area contributed by atoms with Crippen LogP contribution in [0.3, 0.4) is 0 Å². The predicted molar refractivity (Wildman–Crippen MR) is 72.7 cm³/mol. The molecule has 5 heteroatoms. The average Bonchev–Trinajstić information content (AvgIpc) is 2.45. The highest BCUT2D eigenvalue weighted by molar-refractivity contribution is 5.96. The largest absolute Gasteiger partial charge is 0.490 e. The van der Waals surface area contributed by atoms with Crippen LogP contribution >= 0.6 is 0 Å². The number of amidine groups is 1. The van der Waals surface area contributed by atoms with Gasteiger partial charge in [-0.3, -0.25) is 5.41 Å². The number of pyridine rings is 1. The highest BCUT2D eigenvalue weighted by Gasteiger charge is 2.06. The van der Waals surface area contributed by atoms with Gasteiger partial charge in [0.05, 0.1) is 5.56 Å². The van der Waals surface area contributed by atoms with Gasteiger partial charge < -0.3 is 15.2 Å². The summed E-state index contributed by atoms with van der Waals surface area (Å²) in [6, 6.07) is 12.9. The zero-order chi connectivity index (χ0) is 13.5. The Kier molecular flexibility index (Phi) is 4.34. The van der Waals surface area contributed by atoms with Crippen molar-refractivity contribution in [1.29, 1.82) is 5.41 Å². The summed E-state index contributed by atoms with van der Waals surface area (Å²) in [6.45, 7) is 0.740. The van der Waals surface area contributed by atoms with Crippen LogP contribution in [0.2, 0.25) is 0 Å². The van der Waals surface area contributed by atoms with Gasteiger partial charge in [0.25, 0.3) is 0 Å². The first kappa shape index (κ1) is 12.9. The Labute approximate surface area is 111 Å². The van der Waals surface area contributed by atoms with E-state index in [9.17, 15) is 0 Å². The molecule has 0 saturated heterocycles. The molecule has 1 aromatic heterocycles. The number of nitrogens with two attached hydrogens (primary N) is 1. The minimum Gasteiger partial charge on any atom is -0.490 e. The van der Waals surface area contributed by atoms with Crippen LogP contribution < -0.4 is 15.2 Å². The maximum Gasteiger partial charge on any atom is 0.224 e. The molecule has 2 aromatic rings. The van der Waals surface area contributed by atoms with Gasteiger partial charge >= 0.3 is 0 Å². The van der Waals surface area contributed by atoms with Gasteiger partial charge in [0.1, 0.15) is 24.8 Å². The first-order chi connectivity index (χ1) is 9.27. The number of nitrogen functional groups attached to an aromatic ring is 1. The van der Waals surface area contributed by atoms with Gasteiger partial charge in [-0.2, -0.15) is 0 Å². The molecule has 1 aromatic carbocycles. The molecule has 0 aliphatic rings. The zero-order valence-corrected chi connectivity index (χ0v) is 10.4. The highest BCUT2D eigenvalue weighted by atomic mass is 16.5. The van der Waals surface area contributed by atoms with E-state index in [0.717, 1.165) is 5.75 Å². The van der Waals surface area contributed by atoms with Crippen molar-refractivity contribution in [3.8, 4) is 11.6 Å². The molecule has 5 nitrogen and oxygen atoms in total. The number of nitrogens with zero attached hydrogens (tertiary/aromatic N) is 1. The number of para-hydroxylation sites is 1. The van der Waals surface area contributed by atoms with E-state index in [1.807, 2.05) is 30.3 Å². The SMILES string of the molecule is N=C(N)c1cccnc1OCCOc1ccccc1. The summed E-state index contributed by atoms with van der Waals surface area (Å²) in [4.78, 5) is 4.05. The lowest BCUT2D eigenvalue weighted by atomic mass is 10.2. The summed E-state index contributed by atoms with van der Waals surface area (Å²) in [5, 5.41) is 7.42. The molecule has 0 saturated carbocycles. The number of benzene rings is 1. The van der Waals surface area contributed by atoms with Crippen LogP contribution in [-0.4, -0.2) is 24.0 Å². The van der Waals surface area contributed by atoms with Crippen LogP contribution in [0.15, 0.2) is 48.7 Å². The number of aromatic nitrogens is 1. The molecule has 0 atom stereocenters. The quantitative estimate of drug-likeness (QED) is 0.470. The number of ether oxygens (including phenoxy) is 2. The molecular weight excluding hydrogens is 242 g/mol. The molecule has 0 fully saturated rings. The monoisotopic (exact) mass is 257 g/mol. The molecule has 3 N–H and O–H groups in total. The molecule has 0 aliphatic carbocycles. The van der Waals surface area contributed by atoms with E-state index < -0.39 is 0 Å². The van der Waals surface area contributed by atoms with Gasteiger partial charge in [0, 0.05) is 6.20 Å². The molecule has 0 spiro atoms. The minimum absolute atomic E-state index is 0.0629. The summed E-state index contributed by atoms with van der Waals surface area (Å²) in [7, 11) is 0. The third-order valence-corrected chi connectivity index (χ3v) is 2.40. The molecule has 98 valence electrons. The van der Waals surface area contributed by atoms with Crippen molar-refractivity contribution >= 4 is 5.84 Å². The van der Waals surface area contributed by atoms with Gasteiger partial charge in [-0.1, -0.05) is 18.2 Å². The van der Waals surface area contributed by atoms with Crippen LogP contribution in [0.5, 0.6) is 11.6 Å². The Bertz CT molecular complexity index is 543. The molecule has 1 heterocycles. The normalized spacial score (nSPS) is 9.89. The fraction of sp³-hybridized carbons (Fsp3) is 0.143.